The van der Waals surface area contributed by atoms with Gasteiger partial charge in [-0.2, -0.15) is 5.10 Å². The fourth-order valence-corrected chi connectivity index (χ4v) is 2.06. The van der Waals surface area contributed by atoms with E-state index in [0.29, 0.717) is 0 Å². The lowest BCUT2D eigenvalue weighted by Crippen LogP contribution is -2.02. The van der Waals surface area contributed by atoms with Gasteiger partial charge in [0.25, 0.3) is 0 Å². The van der Waals surface area contributed by atoms with Gasteiger partial charge in [-0.1, -0.05) is 17.8 Å². The van der Waals surface area contributed by atoms with Gasteiger partial charge in [0.15, 0.2) is 5.16 Å². The lowest BCUT2D eigenvalue weighted by molar-refractivity contribution is 0.972. The molecule has 5 nitrogen and oxygen atoms in total. The monoisotopic (exact) mass is 235 g/mol. The van der Waals surface area contributed by atoms with Crippen molar-refractivity contribution in [3.05, 3.63) is 30.2 Å². The second-order valence-corrected chi connectivity index (χ2v) is 4.08. The summed E-state index contributed by atoms with van der Waals surface area (Å²) in [5.74, 6) is 1.77. The molecule has 0 aliphatic rings. The summed E-state index contributed by atoms with van der Waals surface area (Å²) in [6, 6.07) is 4.01. The van der Waals surface area contributed by atoms with Crippen LogP contribution in [-0.2, 0) is 5.75 Å². The average Bonchev–Trinajstić information content (AvgIpc) is 2.81. The van der Waals surface area contributed by atoms with Crippen molar-refractivity contribution >= 4 is 17.6 Å². The van der Waals surface area contributed by atoms with Crippen molar-refractivity contribution in [3.63, 3.8) is 0 Å². The van der Waals surface area contributed by atoms with Crippen molar-refractivity contribution < 1.29 is 0 Å². The molecule has 0 unspecified atom stereocenters. The topological polar surface area (TPSA) is 66.5 Å². The molecule has 16 heavy (non-hydrogen) atoms. The van der Waals surface area contributed by atoms with Crippen LogP contribution in [0.2, 0.25) is 0 Å². The molecule has 0 spiro atoms. The van der Waals surface area contributed by atoms with E-state index in [1.165, 1.54) is 11.9 Å². The van der Waals surface area contributed by atoms with Gasteiger partial charge in [-0.05, 0) is 13.0 Å². The van der Waals surface area contributed by atoms with Crippen molar-refractivity contribution in [1.82, 2.24) is 20.2 Å². The predicted octanol–water partition coefficient (Wildman–Crippen LogP) is 1.92. The standard InChI is InChI=1S/C10H13N5S/c1-2-11-9-8(4-3-5-12-9)6-16-10-13-7-14-15-10/h3-5,7H,2,6H2,1H3,(H,11,12)(H,13,14,15). The van der Waals surface area contributed by atoms with Crippen LogP contribution in [0.25, 0.3) is 0 Å². The fraction of sp³-hybridized carbons (Fsp3) is 0.300. The van der Waals surface area contributed by atoms with Crippen molar-refractivity contribution in [2.45, 2.75) is 17.8 Å². The quantitative estimate of drug-likeness (QED) is 0.775. The number of hydrogen-bond acceptors (Lipinski definition) is 5. The van der Waals surface area contributed by atoms with Gasteiger partial charge in [0.05, 0.1) is 0 Å². The van der Waals surface area contributed by atoms with Crippen LogP contribution in [0.5, 0.6) is 0 Å². The van der Waals surface area contributed by atoms with Crippen molar-refractivity contribution in [1.29, 1.82) is 0 Å². The van der Waals surface area contributed by atoms with E-state index >= 15 is 0 Å². The third-order valence-electron chi connectivity index (χ3n) is 1.99. The van der Waals surface area contributed by atoms with Gasteiger partial charge < -0.3 is 5.32 Å². The second-order valence-electron chi connectivity index (χ2n) is 3.12. The van der Waals surface area contributed by atoms with Crippen molar-refractivity contribution in [2.75, 3.05) is 11.9 Å². The molecule has 6 heteroatoms. The van der Waals surface area contributed by atoms with Gasteiger partial charge >= 0.3 is 0 Å². The zero-order valence-electron chi connectivity index (χ0n) is 8.97. The third-order valence-corrected chi connectivity index (χ3v) is 2.92. The Balaban J connectivity index is 2.03. The van der Waals surface area contributed by atoms with Crippen LogP contribution in [0.4, 0.5) is 5.82 Å². The minimum absolute atomic E-state index is 0.825. The van der Waals surface area contributed by atoms with E-state index in [-0.39, 0.29) is 0 Å². The molecule has 0 bridgehead atoms. The highest BCUT2D eigenvalue weighted by molar-refractivity contribution is 7.98. The number of aromatic amines is 1. The number of H-pyrrole nitrogens is 1. The molecule has 0 aromatic carbocycles. The Morgan fingerprint density at radius 3 is 3.12 bits per heavy atom. The summed E-state index contributed by atoms with van der Waals surface area (Å²) in [4.78, 5) is 8.36. The highest BCUT2D eigenvalue weighted by atomic mass is 32.2. The first-order valence-corrected chi connectivity index (χ1v) is 6.04. The lowest BCUT2D eigenvalue weighted by atomic mass is 10.3. The minimum Gasteiger partial charge on any atom is -0.370 e. The Labute approximate surface area is 98.1 Å². The molecule has 2 rings (SSSR count). The molecule has 84 valence electrons. The molecule has 0 radical (unpaired) electrons. The molecule has 0 saturated carbocycles. The van der Waals surface area contributed by atoms with E-state index < -0.39 is 0 Å². The number of rotatable bonds is 5. The van der Waals surface area contributed by atoms with Crippen LogP contribution in [0, 0.1) is 0 Å². The zero-order chi connectivity index (χ0) is 11.2. The predicted molar refractivity (Wildman–Crippen MR) is 64.3 cm³/mol. The van der Waals surface area contributed by atoms with Gasteiger partial charge in [0.2, 0.25) is 0 Å². The summed E-state index contributed by atoms with van der Waals surface area (Å²) < 4.78 is 0. The van der Waals surface area contributed by atoms with Crippen LogP contribution in [-0.4, -0.2) is 26.7 Å². The molecule has 2 aromatic rings. The van der Waals surface area contributed by atoms with E-state index in [0.717, 1.165) is 23.3 Å². The number of pyridine rings is 1. The van der Waals surface area contributed by atoms with Crippen molar-refractivity contribution in [2.24, 2.45) is 0 Å². The van der Waals surface area contributed by atoms with Gasteiger partial charge in [-0.25, -0.2) is 9.97 Å². The van der Waals surface area contributed by atoms with E-state index in [9.17, 15) is 0 Å². The highest BCUT2D eigenvalue weighted by Gasteiger charge is 2.04. The Bertz CT molecular complexity index is 429. The number of nitrogens with one attached hydrogen (secondary N) is 2. The Hall–Kier alpha value is -1.56. The smallest absolute Gasteiger partial charge is 0.183 e. The lowest BCUT2D eigenvalue weighted by Gasteiger charge is -2.07. The summed E-state index contributed by atoms with van der Waals surface area (Å²) in [6.07, 6.45) is 3.30. The molecule has 2 heterocycles. The van der Waals surface area contributed by atoms with Gasteiger partial charge in [-0.15, -0.1) is 0 Å². The first-order chi connectivity index (χ1) is 7.90. The average molecular weight is 235 g/mol. The maximum absolute atomic E-state index is 4.30. The van der Waals surface area contributed by atoms with Gasteiger partial charge in [-0.3, -0.25) is 5.10 Å². The largest absolute Gasteiger partial charge is 0.370 e. The molecule has 0 aliphatic heterocycles. The number of hydrogen-bond donors (Lipinski definition) is 2. The zero-order valence-corrected chi connectivity index (χ0v) is 9.79. The maximum atomic E-state index is 4.30. The van der Waals surface area contributed by atoms with Gasteiger partial charge in [0, 0.05) is 24.1 Å². The molecule has 2 aromatic heterocycles. The van der Waals surface area contributed by atoms with E-state index in [4.69, 9.17) is 0 Å². The Morgan fingerprint density at radius 1 is 1.44 bits per heavy atom. The molecule has 0 amide bonds. The Morgan fingerprint density at radius 2 is 2.38 bits per heavy atom. The number of anilines is 1. The number of nitrogens with zero attached hydrogens (tertiary/aromatic N) is 3. The van der Waals surface area contributed by atoms with Crippen molar-refractivity contribution in [3.8, 4) is 0 Å². The summed E-state index contributed by atoms with van der Waals surface area (Å²) in [7, 11) is 0. The molecular formula is C10H13N5S. The van der Waals surface area contributed by atoms with E-state index in [2.05, 4.69) is 38.5 Å². The highest BCUT2D eigenvalue weighted by Crippen LogP contribution is 2.22. The Kier molecular flexibility index (Phi) is 3.76. The van der Waals surface area contributed by atoms with Crippen LogP contribution >= 0.6 is 11.8 Å². The second kappa shape index (κ2) is 5.50. The SMILES string of the molecule is CCNc1ncccc1CSc1ncn[nH]1. The minimum atomic E-state index is 0.825. The van der Waals surface area contributed by atoms with Crippen LogP contribution in [0.3, 0.4) is 0 Å². The molecule has 0 saturated heterocycles. The van der Waals surface area contributed by atoms with E-state index in [1.807, 2.05) is 6.07 Å². The maximum Gasteiger partial charge on any atom is 0.183 e. The molecular weight excluding hydrogens is 222 g/mol. The molecule has 0 fully saturated rings. The summed E-state index contributed by atoms with van der Waals surface area (Å²) >= 11 is 1.61. The summed E-state index contributed by atoms with van der Waals surface area (Å²) in [6.45, 7) is 2.93. The van der Waals surface area contributed by atoms with Gasteiger partial charge in [0.1, 0.15) is 12.1 Å². The molecule has 2 N–H and O–H groups in total. The third kappa shape index (κ3) is 2.73. The first kappa shape index (κ1) is 10.9. The first-order valence-electron chi connectivity index (χ1n) is 5.06. The molecule has 0 aliphatic carbocycles. The number of aromatic nitrogens is 4. The summed E-state index contributed by atoms with van der Waals surface area (Å²) in [5.41, 5.74) is 1.17. The summed E-state index contributed by atoms with van der Waals surface area (Å²) in [5, 5.41) is 10.7. The van der Waals surface area contributed by atoms with Crippen LogP contribution < -0.4 is 5.32 Å². The number of thioether (sulfide) groups is 1. The normalized spacial score (nSPS) is 10.3. The van der Waals surface area contributed by atoms with Crippen LogP contribution in [0.15, 0.2) is 29.8 Å². The fourth-order valence-electron chi connectivity index (χ4n) is 1.29. The van der Waals surface area contributed by atoms with E-state index in [1.54, 1.807) is 18.0 Å². The van der Waals surface area contributed by atoms with Crippen LogP contribution in [0.1, 0.15) is 12.5 Å². The molecule has 0 atom stereocenters.